The summed E-state index contributed by atoms with van der Waals surface area (Å²) in [7, 11) is 1.65. The minimum atomic E-state index is -4.39. The fraction of sp³-hybridized carbons (Fsp3) is 0.308. The van der Waals surface area contributed by atoms with E-state index in [0.29, 0.717) is 5.56 Å². The first-order valence-electron chi connectivity index (χ1n) is 6.23. The predicted molar refractivity (Wildman–Crippen MR) is 70.3 cm³/mol. The van der Waals surface area contributed by atoms with Crippen molar-refractivity contribution in [3.05, 3.63) is 35.7 Å². The summed E-state index contributed by atoms with van der Waals surface area (Å²) in [5.74, 6) is -0.0835. The fourth-order valence-electron chi connectivity index (χ4n) is 1.80. The van der Waals surface area contributed by atoms with Gasteiger partial charge in [0.2, 0.25) is 17.6 Å². The first-order chi connectivity index (χ1) is 10.3. The maximum atomic E-state index is 12.5. The fourth-order valence-corrected chi connectivity index (χ4v) is 1.80. The monoisotopic (exact) mass is 314 g/mol. The number of aromatic nitrogens is 2. The second-order valence-electron chi connectivity index (χ2n) is 4.73. The number of primary amides is 1. The van der Waals surface area contributed by atoms with Gasteiger partial charge in [-0.3, -0.25) is 9.69 Å². The Balaban J connectivity index is 2.09. The number of carbonyl (C=O) groups is 1. The highest BCUT2D eigenvalue weighted by atomic mass is 19.4. The molecule has 0 aliphatic carbocycles. The van der Waals surface area contributed by atoms with E-state index in [9.17, 15) is 18.0 Å². The van der Waals surface area contributed by atoms with E-state index in [1.165, 1.54) is 12.1 Å². The van der Waals surface area contributed by atoms with Crippen LogP contribution in [0.2, 0.25) is 0 Å². The van der Waals surface area contributed by atoms with Crippen LogP contribution >= 0.6 is 0 Å². The van der Waals surface area contributed by atoms with Crippen LogP contribution in [0.4, 0.5) is 13.2 Å². The summed E-state index contributed by atoms with van der Waals surface area (Å²) < 4.78 is 42.4. The van der Waals surface area contributed by atoms with Crippen molar-refractivity contribution in [2.24, 2.45) is 5.73 Å². The van der Waals surface area contributed by atoms with Crippen LogP contribution in [0, 0.1) is 0 Å². The molecule has 0 aliphatic heterocycles. The van der Waals surface area contributed by atoms with Gasteiger partial charge in [0.05, 0.1) is 18.7 Å². The predicted octanol–water partition coefficient (Wildman–Crippen LogP) is 1.67. The molecule has 2 N–H and O–H groups in total. The number of nitrogens with two attached hydrogens (primary N) is 1. The van der Waals surface area contributed by atoms with Gasteiger partial charge in [0.1, 0.15) is 0 Å². The van der Waals surface area contributed by atoms with E-state index < -0.39 is 17.6 Å². The topological polar surface area (TPSA) is 85.2 Å². The van der Waals surface area contributed by atoms with E-state index >= 15 is 0 Å². The van der Waals surface area contributed by atoms with E-state index in [1.54, 1.807) is 11.9 Å². The Labute approximate surface area is 123 Å². The lowest BCUT2D eigenvalue weighted by Gasteiger charge is -2.10. The molecule has 0 saturated carbocycles. The summed E-state index contributed by atoms with van der Waals surface area (Å²) in [5, 5.41) is 3.70. The molecule has 118 valence electrons. The van der Waals surface area contributed by atoms with Gasteiger partial charge in [-0.2, -0.15) is 18.2 Å². The Kier molecular flexibility index (Phi) is 4.45. The second-order valence-corrected chi connectivity index (χ2v) is 4.73. The third kappa shape index (κ3) is 4.04. The summed E-state index contributed by atoms with van der Waals surface area (Å²) in [5.41, 5.74) is 4.71. The minimum absolute atomic E-state index is 0.0258. The van der Waals surface area contributed by atoms with Gasteiger partial charge in [-0.25, -0.2) is 0 Å². The van der Waals surface area contributed by atoms with Crippen molar-refractivity contribution in [3.63, 3.8) is 0 Å². The number of halogens is 3. The normalized spacial score (nSPS) is 11.9. The van der Waals surface area contributed by atoms with Crippen molar-refractivity contribution in [2.45, 2.75) is 12.7 Å². The largest absolute Gasteiger partial charge is 0.416 e. The number of carbonyl (C=O) groups excluding carboxylic acids is 1. The molecule has 2 aromatic rings. The van der Waals surface area contributed by atoms with Crippen LogP contribution in [0.3, 0.4) is 0 Å². The van der Waals surface area contributed by atoms with Crippen LogP contribution in [0.15, 0.2) is 28.8 Å². The van der Waals surface area contributed by atoms with Crippen molar-refractivity contribution in [1.29, 1.82) is 0 Å². The molecule has 22 heavy (non-hydrogen) atoms. The Morgan fingerprint density at radius 3 is 2.50 bits per heavy atom. The average Bonchev–Trinajstić information content (AvgIpc) is 2.85. The average molecular weight is 314 g/mol. The third-order valence-electron chi connectivity index (χ3n) is 2.77. The second kappa shape index (κ2) is 6.14. The Morgan fingerprint density at radius 2 is 1.95 bits per heavy atom. The van der Waals surface area contributed by atoms with Crippen molar-refractivity contribution in [1.82, 2.24) is 15.0 Å². The Bertz CT molecular complexity index is 652. The number of amides is 1. The van der Waals surface area contributed by atoms with Gasteiger partial charge in [0.25, 0.3) is 0 Å². The lowest BCUT2D eigenvalue weighted by Crippen LogP contribution is -2.30. The lowest BCUT2D eigenvalue weighted by atomic mass is 10.1. The van der Waals surface area contributed by atoms with Gasteiger partial charge >= 0.3 is 6.18 Å². The van der Waals surface area contributed by atoms with E-state index in [4.69, 9.17) is 10.3 Å². The first kappa shape index (κ1) is 16.0. The smallest absolute Gasteiger partial charge is 0.369 e. The molecule has 6 nitrogen and oxygen atoms in total. The molecule has 9 heteroatoms. The molecule has 1 aromatic carbocycles. The van der Waals surface area contributed by atoms with Gasteiger partial charge in [0, 0.05) is 5.56 Å². The highest BCUT2D eigenvalue weighted by Crippen LogP contribution is 2.30. The SMILES string of the molecule is CN(CC(N)=O)Cc1nc(-c2ccc(C(F)(F)F)cc2)no1. The zero-order valence-corrected chi connectivity index (χ0v) is 11.6. The summed E-state index contributed by atoms with van der Waals surface area (Å²) >= 11 is 0. The highest BCUT2D eigenvalue weighted by molar-refractivity contribution is 5.75. The van der Waals surface area contributed by atoms with E-state index in [2.05, 4.69) is 10.1 Å². The molecule has 0 fully saturated rings. The van der Waals surface area contributed by atoms with Gasteiger partial charge < -0.3 is 10.3 Å². The lowest BCUT2D eigenvalue weighted by molar-refractivity contribution is -0.137. The molecule has 0 bridgehead atoms. The molecule has 0 radical (unpaired) electrons. The molecule has 0 atom stereocenters. The van der Waals surface area contributed by atoms with Crippen LogP contribution in [-0.2, 0) is 17.5 Å². The third-order valence-corrected chi connectivity index (χ3v) is 2.77. The Hall–Kier alpha value is -2.42. The molecular weight excluding hydrogens is 301 g/mol. The number of nitrogens with zero attached hydrogens (tertiary/aromatic N) is 3. The molecule has 0 unspecified atom stereocenters. The summed E-state index contributed by atoms with van der Waals surface area (Å²) in [4.78, 5) is 16.4. The van der Waals surface area contributed by atoms with Crippen LogP contribution in [0.5, 0.6) is 0 Å². The number of hydrogen-bond acceptors (Lipinski definition) is 5. The molecule has 0 spiro atoms. The number of likely N-dealkylation sites (N-methyl/N-ethyl adjacent to an activating group) is 1. The molecular formula is C13H13F3N4O2. The van der Waals surface area contributed by atoms with Crippen molar-refractivity contribution >= 4 is 5.91 Å². The van der Waals surface area contributed by atoms with Crippen LogP contribution in [-0.4, -0.2) is 34.5 Å². The number of hydrogen-bond donors (Lipinski definition) is 1. The van der Waals surface area contributed by atoms with Gasteiger partial charge in [-0.05, 0) is 19.2 Å². The quantitative estimate of drug-likeness (QED) is 0.907. The highest BCUT2D eigenvalue weighted by Gasteiger charge is 2.30. The van der Waals surface area contributed by atoms with E-state index in [0.717, 1.165) is 12.1 Å². The Morgan fingerprint density at radius 1 is 1.32 bits per heavy atom. The van der Waals surface area contributed by atoms with Crippen LogP contribution in [0.1, 0.15) is 11.5 Å². The zero-order valence-electron chi connectivity index (χ0n) is 11.6. The number of rotatable bonds is 5. The van der Waals surface area contributed by atoms with Crippen molar-refractivity contribution in [2.75, 3.05) is 13.6 Å². The summed E-state index contributed by atoms with van der Waals surface area (Å²) in [6.45, 7) is 0.231. The van der Waals surface area contributed by atoms with Crippen molar-refractivity contribution < 1.29 is 22.5 Å². The summed E-state index contributed by atoms with van der Waals surface area (Å²) in [6.07, 6.45) is -4.39. The number of benzene rings is 1. The van der Waals surface area contributed by atoms with Gasteiger partial charge in [0.15, 0.2) is 0 Å². The molecule has 2 rings (SSSR count). The maximum absolute atomic E-state index is 12.5. The first-order valence-corrected chi connectivity index (χ1v) is 6.23. The number of alkyl halides is 3. The van der Waals surface area contributed by atoms with Crippen LogP contribution in [0.25, 0.3) is 11.4 Å². The molecule has 1 heterocycles. The molecule has 0 aliphatic rings. The van der Waals surface area contributed by atoms with Gasteiger partial charge in [-0.15, -0.1) is 0 Å². The maximum Gasteiger partial charge on any atom is 0.416 e. The van der Waals surface area contributed by atoms with E-state index in [-0.39, 0.29) is 24.8 Å². The standard InChI is InChI=1S/C13H13F3N4O2/c1-20(6-10(17)21)7-11-18-12(19-22-11)8-2-4-9(5-3-8)13(14,15)16/h2-5H,6-7H2,1H3,(H2,17,21). The minimum Gasteiger partial charge on any atom is -0.369 e. The molecule has 1 amide bonds. The van der Waals surface area contributed by atoms with Crippen molar-refractivity contribution in [3.8, 4) is 11.4 Å². The molecule has 1 aromatic heterocycles. The zero-order chi connectivity index (χ0) is 16.3. The summed E-state index contributed by atoms with van der Waals surface area (Å²) in [6, 6.07) is 4.43. The van der Waals surface area contributed by atoms with Crippen LogP contribution < -0.4 is 5.73 Å². The van der Waals surface area contributed by atoms with E-state index in [1.807, 2.05) is 0 Å². The van der Waals surface area contributed by atoms with Gasteiger partial charge in [-0.1, -0.05) is 17.3 Å². The molecule has 0 saturated heterocycles.